The maximum absolute atomic E-state index is 12.2. The number of amides is 2. The van der Waals surface area contributed by atoms with Crippen LogP contribution in [0.4, 0.5) is 4.79 Å². The summed E-state index contributed by atoms with van der Waals surface area (Å²) in [6, 6.07) is 8.14. The predicted octanol–water partition coefficient (Wildman–Crippen LogP) is 3.58. The van der Waals surface area contributed by atoms with Gasteiger partial charge in [0.05, 0.1) is 0 Å². The molecule has 0 N–H and O–H groups in total. The first-order chi connectivity index (χ1) is 8.82. The summed E-state index contributed by atoms with van der Waals surface area (Å²) in [4.78, 5) is 24.6. The highest BCUT2D eigenvalue weighted by molar-refractivity contribution is 6.68. The molecule has 8 heteroatoms. The molecule has 4 nitrogen and oxygen atoms in total. The molecular weight excluding hydrogens is 336 g/mol. The van der Waals surface area contributed by atoms with Gasteiger partial charge in [0.25, 0.3) is 5.91 Å². The fourth-order valence-corrected chi connectivity index (χ4v) is 2.69. The lowest BCUT2D eigenvalue weighted by molar-refractivity contribution is 0.0799. The van der Waals surface area contributed by atoms with Crippen molar-refractivity contribution < 1.29 is 14.3 Å². The smallest absolute Gasteiger partial charge is 0.418 e. The van der Waals surface area contributed by atoms with Crippen molar-refractivity contribution in [2.45, 2.75) is 15.4 Å². The lowest BCUT2D eigenvalue weighted by Gasteiger charge is -2.21. The van der Waals surface area contributed by atoms with Crippen molar-refractivity contribution in [1.29, 1.82) is 0 Å². The Hall–Kier alpha value is -0.680. The Morgan fingerprint density at radius 1 is 1.21 bits per heavy atom. The standard InChI is InChI=1S/C11H7Cl4NO3/c12-8-7(11(13,14)15)19-10(18)16(8)9(17)6-4-2-1-3-5-6/h1-5,7-8H/t7-,8-/m0/s1. The van der Waals surface area contributed by atoms with Gasteiger partial charge in [-0.1, -0.05) is 64.6 Å². The van der Waals surface area contributed by atoms with E-state index in [1.54, 1.807) is 30.3 Å². The number of hydrogen-bond donors (Lipinski definition) is 0. The lowest BCUT2D eigenvalue weighted by atomic mass is 10.2. The quantitative estimate of drug-likeness (QED) is 0.578. The largest absolute Gasteiger partial charge is 0.438 e. The molecule has 1 fully saturated rings. The molecule has 0 aliphatic carbocycles. The van der Waals surface area contributed by atoms with Crippen LogP contribution in [0.5, 0.6) is 0 Å². The van der Waals surface area contributed by atoms with Crippen LogP contribution in [0.1, 0.15) is 10.4 Å². The summed E-state index contributed by atoms with van der Waals surface area (Å²) in [6.45, 7) is 0. The van der Waals surface area contributed by atoms with E-state index in [-0.39, 0.29) is 5.56 Å². The lowest BCUT2D eigenvalue weighted by Crippen LogP contribution is -2.41. The first-order valence-electron chi connectivity index (χ1n) is 5.12. The zero-order chi connectivity index (χ0) is 14.2. The van der Waals surface area contributed by atoms with E-state index < -0.39 is 27.4 Å². The first kappa shape index (κ1) is 14.7. The number of nitrogens with zero attached hydrogens (tertiary/aromatic N) is 1. The van der Waals surface area contributed by atoms with E-state index in [0.717, 1.165) is 4.90 Å². The van der Waals surface area contributed by atoms with Gasteiger partial charge in [0.15, 0.2) is 11.6 Å². The SMILES string of the molecule is O=C1O[C@H](C(Cl)(Cl)Cl)[C@@H](Cl)N1C(=O)c1ccccc1. The summed E-state index contributed by atoms with van der Waals surface area (Å²) >= 11 is 22.9. The van der Waals surface area contributed by atoms with Gasteiger partial charge in [0.1, 0.15) is 0 Å². The number of imide groups is 1. The number of carbonyl (C=O) groups is 2. The minimum Gasteiger partial charge on any atom is -0.438 e. The molecule has 0 unspecified atom stereocenters. The summed E-state index contributed by atoms with van der Waals surface area (Å²) in [5.41, 5.74) is -0.900. The minimum atomic E-state index is -1.91. The van der Waals surface area contributed by atoms with Crippen LogP contribution in [-0.4, -0.2) is 32.3 Å². The molecule has 2 atom stereocenters. The molecule has 2 rings (SSSR count). The second-order valence-electron chi connectivity index (χ2n) is 3.76. The minimum absolute atomic E-state index is 0.287. The molecule has 19 heavy (non-hydrogen) atoms. The van der Waals surface area contributed by atoms with Crippen LogP contribution in [-0.2, 0) is 4.74 Å². The average molecular weight is 343 g/mol. The van der Waals surface area contributed by atoms with Gasteiger partial charge in [-0.3, -0.25) is 4.79 Å². The van der Waals surface area contributed by atoms with Gasteiger partial charge in [-0.2, -0.15) is 0 Å². The van der Waals surface area contributed by atoms with Gasteiger partial charge in [0, 0.05) is 5.56 Å². The molecule has 0 radical (unpaired) electrons. The van der Waals surface area contributed by atoms with E-state index in [4.69, 9.17) is 51.1 Å². The Bertz CT molecular complexity index is 502. The normalized spacial score (nSPS) is 23.4. The third-order valence-corrected chi connectivity index (χ3v) is 3.55. The van der Waals surface area contributed by atoms with Crippen molar-refractivity contribution in [2.75, 3.05) is 0 Å². The maximum Gasteiger partial charge on any atom is 0.418 e. The highest BCUT2D eigenvalue weighted by Crippen LogP contribution is 2.40. The number of hydrogen-bond acceptors (Lipinski definition) is 3. The van der Waals surface area contributed by atoms with Crippen LogP contribution in [0.25, 0.3) is 0 Å². The van der Waals surface area contributed by atoms with E-state index in [2.05, 4.69) is 0 Å². The van der Waals surface area contributed by atoms with Crippen LogP contribution in [0.15, 0.2) is 30.3 Å². The Kier molecular flexibility index (Phi) is 4.16. The highest BCUT2D eigenvalue weighted by atomic mass is 35.6. The maximum atomic E-state index is 12.2. The van der Waals surface area contributed by atoms with Gasteiger partial charge in [-0.05, 0) is 12.1 Å². The molecule has 1 heterocycles. The number of cyclic esters (lactones) is 1. The van der Waals surface area contributed by atoms with E-state index in [1.807, 2.05) is 0 Å². The molecule has 1 aromatic carbocycles. The van der Waals surface area contributed by atoms with Crippen LogP contribution in [0, 0.1) is 0 Å². The van der Waals surface area contributed by atoms with Crippen LogP contribution in [0.3, 0.4) is 0 Å². The molecule has 0 spiro atoms. The molecule has 1 aliphatic heterocycles. The number of halogens is 4. The number of carbonyl (C=O) groups excluding carboxylic acids is 2. The molecule has 2 amide bonds. The van der Waals surface area contributed by atoms with Crippen molar-refractivity contribution in [3.05, 3.63) is 35.9 Å². The second-order valence-corrected chi connectivity index (χ2v) is 6.58. The third-order valence-electron chi connectivity index (χ3n) is 2.48. The van der Waals surface area contributed by atoms with Crippen molar-refractivity contribution in [3.63, 3.8) is 0 Å². The topological polar surface area (TPSA) is 46.6 Å². The van der Waals surface area contributed by atoms with Gasteiger partial charge >= 0.3 is 6.09 Å². The summed E-state index contributed by atoms with van der Waals surface area (Å²) < 4.78 is 2.92. The molecule has 102 valence electrons. The summed E-state index contributed by atoms with van der Waals surface area (Å²) in [5.74, 6) is -0.609. The number of benzene rings is 1. The van der Waals surface area contributed by atoms with E-state index in [9.17, 15) is 9.59 Å². The van der Waals surface area contributed by atoms with Crippen LogP contribution < -0.4 is 0 Å². The number of rotatable bonds is 1. The van der Waals surface area contributed by atoms with Crippen LogP contribution in [0.2, 0.25) is 0 Å². The Labute approximate surface area is 129 Å². The monoisotopic (exact) mass is 341 g/mol. The third kappa shape index (κ3) is 2.92. The molecule has 0 aromatic heterocycles. The molecule has 0 bridgehead atoms. The van der Waals surface area contributed by atoms with Crippen molar-refractivity contribution in [3.8, 4) is 0 Å². The van der Waals surface area contributed by atoms with Gasteiger partial charge in [-0.15, -0.1) is 0 Å². The van der Waals surface area contributed by atoms with Crippen LogP contribution >= 0.6 is 46.4 Å². The summed E-state index contributed by atoms with van der Waals surface area (Å²) in [6.07, 6.45) is -2.16. The summed E-state index contributed by atoms with van der Waals surface area (Å²) in [5, 5.41) is 0. The van der Waals surface area contributed by atoms with Crippen molar-refractivity contribution >= 4 is 58.4 Å². The highest BCUT2D eigenvalue weighted by Gasteiger charge is 2.53. The van der Waals surface area contributed by atoms with Gasteiger partial charge in [-0.25, -0.2) is 9.69 Å². The predicted molar refractivity (Wildman–Crippen MR) is 72.8 cm³/mol. The number of ether oxygens (including phenoxy) is 1. The fourth-order valence-electron chi connectivity index (χ4n) is 1.60. The van der Waals surface area contributed by atoms with Crippen molar-refractivity contribution in [2.24, 2.45) is 0 Å². The molecular formula is C11H7Cl4NO3. The van der Waals surface area contributed by atoms with E-state index in [1.165, 1.54) is 0 Å². The van der Waals surface area contributed by atoms with Gasteiger partial charge in [0.2, 0.25) is 3.79 Å². The summed E-state index contributed by atoms with van der Waals surface area (Å²) in [7, 11) is 0. The van der Waals surface area contributed by atoms with Crippen molar-refractivity contribution in [1.82, 2.24) is 4.90 Å². The van der Waals surface area contributed by atoms with E-state index >= 15 is 0 Å². The Morgan fingerprint density at radius 2 is 1.79 bits per heavy atom. The van der Waals surface area contributed by atoms with E-state index in [0.29, 0.717) is 0 Å². The molecule has 1 aliphatic rings. The van der Waals surface area contributed by atoms with Gasteiger partial charge < -0.3 is 4.74 Å². The molecule has 1 saturated heterocycles. The molecule has 1 aromatic rings. The zero-order valence-corrected chi connectivity index (χ0v) is 12.2. The number of alkyl halides is 4. The average Bonchev–Trinajstić information content (AvgIpc) is 2.65. The first-order valence-corrected chi connectivity index (χ1v) is 6.69. The Balaban J connectivity index is 2.27. The molecule has 0 saturated carbocycles. The fraction of sp³-hybridized carbons (Fsp3) is 0.273. The second kappa shape index (κ2) is 5.37. The zero-order valence-electron chi connectivity index (χ0n) is 9.23. The Morgan fingerprint density at radius 3 is 2.26 bits per heavy atom.